The monoisotopic (exact) mass is 372 g/mol. The molecule has 0 aliphatic carbocycles. The van der Waals surface area contributed by atoms with Crippen molar-refractivity contribution in [3.05, 3.63) is 46.2 Å². The minimum Gasteiger partial charge on any atom is -0.483 e. The van der Waals surface area contributed by atoms with Crippen molar-refractivity contribution >= 4 is 6.47 Å². The SMILES string of the molecule is CC(C)=CCCc1nc(-c2ccc[nH]c2=O)nn1CC(F)(F)F.O=CO. The van der Waals surface area contributed by atoms with Crippen LogP contribution in [0.4, 0.5) is 13.2 Å². The van der Waals surface area contributed by atoms with E-state index in [0.29, 0.717) is 12.8 Å². The summed E-state index contributed by atoms with van der Waals surface area (Å²) in [6.07, 6.45) is -0.169. The number of hydrogen-bond donors (Lipinski definition) is 2. The van der Waals surface area contributed by atoms with Gasteiger partial charge in [0.1, 0.15) is 12.4 Å². The van der Waals surface area contributed by atoms with Crippen molar-refractivity contribution in [2.45, 2.75) is 39.4 Å². The molecule has 0 saturated heterocycles. The Kier molecular flexibility index (Phi) is 7.76. The van der Waals surface area contributed by atoms with E-state index in [-0.39, 0.29) is 23.7 Å². The van der Waals surface area contributed by atoms with Crippen LogP contribution in [-0.2, 0) is 17.8 Å². The molecule has 2 aromatic rings. The molecule has 0 aromatic carbocycles. The van der Waals surface area contributed by atoms with Crippen LogP contribution in [0.15, 0.2) is 34.8 Å². The number of allylic oxidation sites excluding steroid dienone is 2. The summed E-state index contributed by atoms with van der Waals surface area (Å²) in [6, 6.07) is 3.05. The fourth-order valence-corrected chi connectivity index (χ4v) is 2.06. The fraction of sp³-hybridized carbons (Fsp3) is 0.375. The van der Waals surface area contributed by atoms with Crippen molar-refractivity contribution < 1.29 is 23.1 Å². The van der Waals surface area contributed by atoms with Crippen LogP contribution in [-0.4, -0.2) is 37.5 Å². The van der Waals surface area contributed by atoms with Crippen LogP contribution < -0.4 is 5.56 Å². The van der Waals surface area contributed by atoms with E-state index in [1.807, 2.05) is 19.9 Å². The number of aryl methyl sites for hydroxylation is 1. The number of rotatable bonds is 5. The van der Waals surface area contributed by atoms with Gasteiger partial charge in [-0.1, -0.05) is 11.6 Å². The number of carboxylic acid groups (broad SMARTS) is 1. The highest BCUT2D eigenvalue weighted by Gasteiger charge is 2.30. The number of aromatic amines is 1. The summed E-state index contributed by atoms with van der Waals surface area (Å²) in [5, 5.41) is 10.8. The lowest BCUT2D eigenvalue weighted by Gasteiger charge is -2.08. The van der Waals surface area contributed by atoms with E-state index in [1.54, 1.807) is 6.07 Å². The maximum Gasteiger partial charge on any atom is 0.408 e. The van der Waals surface area contributed by atoms with E-state index in [2.05, 4.69) is 15.1 Å². The highest BCUT2D eigenvalue weighted by atomic mass is 19.4. The molecule has 7 nitrogen and oxygen atoms in total. The zero-order valence-electron chi connectivity index (χ0n) is 14.2. The Morgan fingerprint density at radius 3 is 2.58 bits per heavy atom. The van der Waals surface area contributed by atoms with Gasteiger partial charge in [-0.05, 0) is 32.4 Å². The first-order valence-corrected chi connectivity index (χ1v) is 7.57. The minimum atomic E-state index is -4.40. The molecule has 0 aliphatic rings. The molecule has 0 saturated carbocycles. The Hall–Kier alpha value is -2.91. The number of H-pyrrole nitrogens is 1. The molecule has 0 amide bonds. The third kappa shape index (κ3) is 6.91. The van der Waals surface area contributed by atoms with Gasteiger partial charge in [0.05, 0.1) is 5.56 Å². The second-order valence-corrected chi connectivity index (χ2v) is 5.46. The zero-order chi connectivity index (χ0) is 19.7. The third-order valence-corrected chi connectivity index (χ3v) is 3.06. The minimum absolute atomic E-state index is 0.00306. The Balaban J connectivity index is 0.00000105. The van der Waals surface area contributed by atoms with Gasteiger partial charge in [0, 0.05) is 12.6 Å². The van der Waals surface area contributed by atoms with E-state index in [1.165, 1.54) is 12.3 Å². The molecule has 0 bridgehead atoms. The van der Waals surface area contributed by atoms with Gasteiger partial charge < -0.3 is 10.1 Å². The molecule has 142 valence electrons. The normalized spacial score (nSPS) is 10.7. The molecular formula is C16H19F3N4O3. The van der Waals surface area contributed by atoms with Crippen molar-refractivity contribution in [3.63, 3.8) is 0 Å². The van der Waals surface area contributed by atoms with Crippen LogP contribution in [0.1, 0.15) is 26.1 Å². The molecular weight excluding hydrogens is 353 g/mol. The molecule has 2 aromatic heterocycles. The molecule has 2 N–H and O–H groups in total. The average molecular weight is 372 g/mol. The summed E-state index contributed by atoms with van der Waals surface area (Å²) >= 11 is 0. The van der Waals surface area contributed by atoms with Crippen molar-refractivity contribution in [3.8, 4) is 11.4 Å². The van der Waals surface area contributed by atoms with Crippen molar-refractivity contribution in [2.24, 2.45) is 0 Å². The first-order chi connectivity index (χ1) is 12.2. The van der Waals surface area contributed by atoms with Gasteiger partial charge in [-0.15, -0.1) is 0 Å². The molecule has 2 heterocycles. The lowest BCUT2D eigenvalue weighted by atomic mass is 10.2. The number of alkyl halides is 3. The number of carbonyl (C=O) groups is 1. The van der Waals surface area contributed by atoms with Crippen LogP contribution in [0.5, 0.6) is 0 Å². The summed E-state index contributed by atoms with van der Waals surface area (Å²) in [7, 11) is 0. The number of hydrogen-bond acceptors (Lipinski definition) is 4. The Labute approximate surface area is 147 Å². The lowest BCUT2D eigenvalue weighted by Crippen LogP contribution is -2.20. The van der Waals surface area contributed by atoms with Gasteiger partial charge in [0.2, 0.25) is 0 Å². The maximum atomic E-state index is 12.7. The molecule has 26 heavy (non-hydrogen) atoms. The molecule has 0 fully saturated rings. The lowest BCUT2D eigenvalue weighted by molar-refractivity contribution is -0.143. The number of nitrogens with one attached hydrogen (secondary N) is 1. The Morgan fingerprint density at radius 2 is 2.04 bits per heavy atom. The summed E-state index contributed by atoms with van der Waals surface area (Å²) in [5.41, 5.74) is 0.788. The number of halogens is 3. The highest BCUT2D eigenvalue weighted by Crippen LogP contribution is 2.20. The average Bonchev–Trinajstić information content (AvgIpc) is 2.89. The number of nitrogens with zero attached hydrogens (tertiary/aromatic N) is 3. The highest BCUT2D eigenvalue weighted by molar-refractivity contribution is 5.52. The van der Waals surface area contributed by atoms with E-state index in [9.17, 15) is 18.0 Å². The van der Waals surface area contributed by atoms with Gasteiger partial charge in [-0.2, -0.15) is 18.3 Å². The third-order valence-electron chi connectivity index (χ3n) is 3.06. The summed E-state index contributed by atoms with van der Waals surface area (Å²) in [6.45, 7) is 2.35. The molecule has 0 spiro atoms. The topological polar surface area (TPSA) is 101 Å². The van der Waals surface area contributed by atoms with E-state index >= 15 is 0 Å². The summed E-state index contributed by atoms with van der Waals surface area (Å²) in [5.74, 6) is 0.210. The summed E-state index contributed by atoms with van der Waals surface area (Å²) < 4.78 is 38.9. The molecule has 0 unspecified atom stereocenters. The molecule has 10 heteroatoms. The van der Waals surface area contributed by atoms with Crippen molar-refractivity contribution in [1.29, 1.82) is 0 Å². The standard InChI is InChI=1S/C15H17F3N4O.CH2O2/c1-10(2)5-3-7-12-20-13(11-6-4-8-19-14(11)23)21-22(12)9-15(16,17)18;2-1-3/h4-6,8H,3,7,9H2,1-2H3,(H,19,23);1H,(H,2,3). The quantitative estimate of drug-likeness (QED) is 0.621. The van der Waals surface area contributed by atoms with Crippen LogP contribution in [0.2, 0.25) is 0 Å². The van der Waals surface area contributed by atoms with Crippen molar-refractivity contribution in [2.75, 3.05) is 0 Å². The Bertz CT molecular complexity index is 806. The van der Waals surface area contributed by atoms with E-state index in [0.717, 1.165) is 10.3 Å². The van der Waals surface area contributed by atoms with Crippen LogP contribution in [0.3, 0.4) is 0 Å². The Morgan fingerprint density at radius 1 is 1.38 bits per heavy atom. The van der Waals surface area contributed by atoms with Gasteiger partial charge in [0.15, 0.2) is 5.82 Å². The summed E-state index contributed by atoms with van der Waals surface area (Å²) in [4.78, 5) is 26.7. The smallest absolute Gasteiger partial charge is 0.408 e. The first kappa shape index (κ1) is 21.1. The molecule has 0 aliphatic heterocycles. The predicted molar refractivity (Wildman–Crippen MR) is 88.6 cm³/mol. The maximum absolute atomic E-state index is 12.7. The van der Waals surface area contributed by atoms with Crippen LogP contribution >= 0.6 is 0 Å². The largest absolute Gasteiger partial charge is 0.483 e. The van der Waals surface area contributed by atoms with Gasteiger partial charge >= 0.3 is 6.18 Å². The van der Waals surface area contributed by atoms with Crippen LogP contribution in [0.25, 0.3) is 11.4 Å². The van der Waals surface area contributed by atoms with Gasteiger partial charge in [-0.25, -0.2) is 9.67 Å². The second kappa shape index (κ2) is 9.54. The zero-order valence-corrected chi connectivity index (χ0v) is 14.2. The fourth-order valence-electron chi connectivity index (χ4n) is 2.06. The molecule has 0 radical (unpaired) electrons. The molecule has 0 atom stereocenters. The molecule has 2 rings (SSSR count). The van der Waals surface area contributed by atoms with E-state index < -0.39 is 18.3 Å². The number of aromatic nitrogens is 4. The van der Waals surface area contributed by atoms with Crippen molar-refractivity contribution in [1.82, 2.24) is 19.7 Å². The second-order valence-electron chi connectivity index (χ2n) is 5.46. The van der Waals surface area contributed by atoms with Gasteiger partial charge in [-0.3, -0.25) is 9.59 Å². The van der Waals surface area contributed by atoms with Crippen LogP contribution in [0, 0.1) is 0 Å². The van der Waals surface area contributed by atoms with E-state index in [4.69, 9.17) is 9.90 Å². The number of pyridine rings is 1. The predicted octanol–water partition coefficient (Wildman–Crippen LogP) is 2.80. The first-order valence-electron chi connectivity index (χ1n) is 7.57. The van der Waals surface area contributed by atoms with Gasteiger partial charge in [0.25, 0.3) is 12.0 Å².